The average molecular weight is 282 g/mol. The molecule has 1 unspecified atom stereocenters. The quantitative estimate of drug-likeness (QED) is 0.825. The maximum absolute atomic E-state index is 13.2. The number of hydrogen-bond donors (Lipinski definition) is 1. The second kappa shape index (κ2) is 5.57. The van der Waals surface area contributed by atoms with Gasteiger partial charge in [-0.3, -0.25) is 0 Å². The van der Waals surface area contributed by atoms with Crippen LogP contribution in [0.4, 0.5) is 14.5 Å². The molecule has 1 nitrogen and oxygen atoms in total. The second-order valence-electron chi connectivity index (χ2n) is 4.50. The van der Waals surface area contributed by atoms with E-state index in [1.165, 1.54) is 12.1 Å². The molecular formula is C15H14ClF2N. The van der Waals surface area contributed by atoms with Crippen molar-refractivity contribution in [1.82, 2.24) is 0 Å². The number of hydrogen-bond acceptors (Lipinski definition) is 1. The van der Waals surface area contributed by atoms with E-state index in [4.69, 9.17) is 11.6 Å². The van der Waals surface area contributed by atoms with Crippen LogP contribution in [-0.4, -0.2) is 0 Å². The van der Waals surface area contributed by atoms with Gasteiger partial charge in [-0.15, -0.1) is 0 Å². The van der Waals surface area contributed by atoms with Crippen molar-refractivity contribution in [3.05, 3.63) is 64.2 Å². The Kier molecular flexibility index (Phi) is 4.05. The first kappa shape index (κ1) is 13.8. The molecule has 0 spiro atoms. The molecule has 100 valence electrons. The predicted octanol–water partition coefficient (Wildman–Crippen LogP) is 5.10. The van der Waals surface area contributed by atoms with Crippen molar-refractivity contribution in [3.8, 4) is 0 Å². The number of aryl methyl sites for hydroxylation is 1. The molecule has 2 aromatic carbocycles. The van der Waals surface area contributed by atoms with Crippen LogP contribution in [0.5, 0.6) is 0 Å². The maximum Gasteiger partial charge on any atom is 0.126 e. The molecule has 0 heterocycles. The highest BCUT2D eigenvalue weighted by atomic mass is 35.5. The third kappa shape index (κ3) is 3.24. The summed E-state index contributed by atoms with van der Waals surface area (Å²) in [5, 5.41) is 3.77. The molecule has 2 rings (SSSR count). The number of para-hydroxylation sites is 1. The summed E-state index contributed by atoms with van der Waals surface area (Å²) in [4.78, 5) is 0. The zero-order valence-electron chi connectivity index (χ0n) is 10.7. The van der Waals surface area contributed by atoms with Gasteiger partial charge in [0.25, 0.3) is 0 Å². The third-order valence-corrected chi connectivity index (χ3v) is 3.28. The van der Waals surface area contributed by atoms with Gasteiger partial charge < -0.3 is 5.32 Å². The SMILES string of the molecule is Cc1cccc(Cl)c1NC(C)c1cc(F)cc(F)c1. The minimum absolute atomic E-state index is 0.246. The Morgan fingerprint density at radius 1 is 1.11 bits per heavy atom. The summed E-state index contributed by atoms with van der Waals surface area (Å²) in [6.07, 6.45) is 0. The number of anilines is 1. The van der Waals surface area contributed by atoms with E-state index in [2.05, 4.69) is 5.32 Å². The Morgan fingerprint density at radius 3 is 2.32 bits per heavy atom. The van der Waals surface area contributed by atoms with E-state index in [-0.39, 0.29) is 6.04 Å². The zero-order chi connectivity index (χ0) is 14.0. The summed E-state index contributed by atoms with van der Waals surface area (Å²) in [5.74, 6) is -1.17. The van der Waals surface area contributed by atoms with E-state index in [0.717, 1.165) is 17.3 Å². The lowest BCUT2D eigenvalue weighted by Crippen LogP contribution is -2.09. The highest BCUT2D eigenvalue weighted by Crippen LogP contribution is 2.29. The van der Waals surface area contributed by atoms with Crippen LogP contribution >= 0.6 is 11.6 Å². The molecule has 0 aliphatic carbocycles. The molecule has 4 heteroatoms. The van der Waals surface area contributed by atoms with Crippen LogP contribution in [0.2, 0.25) is 5.02 Å². The highest BCUT2D eigenvalue weighted by molar-refractivity contribution is 6.33. The lowest BCUT2D eigenvalue weighted by atomic mass is 10.1. The Labute approximate surface area is 116 Å². The Hall–Kier alpha value is -1.61. The summed E-state index contributed by atoms with van der Waals surface area (Å²) in [6, 6.07) is 8.79. The molecule has 0 aliphatic heterocycles. The van der Waals surface area contributed by atoms with Crippen LogP contribution in [-0.2, 0) is 0 Å². The average Bonchev–Trinajstić information content (AvgIpc) is 2.32. The van der Waals surface area contributed by atoms with Crippen molar-refractivity contribution in [1.29, 1.82) is 0 Å². The monoisotopic (exact) mass is 281 g/mol. The Balaban J connectivity index is 2.28. The molecule has 0 radical (unpaired) electrons. The van der Waals surface area contributed by atoms with E-state index in [1.54, 1.807) is 6.07 Å². The number of halogens is 3. The first-order valence-corrected chi connectivity index (χ1v) is 6.33. The summed E-state index contributed by atoms with van der Waals surface area (Å²) in [6.45, 7) is 3.75. The van der Waals surface area contributed by atoms with Crippen molar-refractivity contribution in [2.75, 3.05) is 5.32 Å². The largest absolute Gasteiger partial charge is 0.377 e. The van der Waals surface area contributed by atoms with Gasteiger partial charge in [0.05, 0.1) is 10.7 Å². The first-order valence-electron chi connectivity index (χ1n) is 5.95. The van der Waals surface area contributed by atoms with Crippen molar-refractivity contribution in [2.45, 2.75) is 19.9 Å². The zero-order valence-corrected chi connectivity index (χ0v) is 11.4. The molecule has 0 bridgehead atoms. The molecule has 0 aliphatic rings. The van der Waals surface area contributed by atoms with Gasteiger partial charge in [-0.1, -0.05) is 23.7 Å². The van der Waals surface area contributed by atoms with E-state index < -0.39 is 11.6 Å². The lowest BCUT2D eigenvalue weighted by molar-refractivity contribution is 0.577. The van der Waals surface area contributed by atoms with Gasteiger partial charge in [0.15, 0.2) is 0 Å². The fraction of sp³-hybridized carbons (Fsp3) is 0.200. The summed E-state index contributed by atoms with van der Waals surface area (Å²) < 4.78 is 26.4. The van der Waals surface area contributed by atoms with E-state index in [0.29, 0.717) is 10.6 Å². The Morgan fingerprint density at radius 2 is 1.74 bits per heavy atom. The molecule has 0 saturated carbocycles. The normalized spacial score (nSPS) is 12.3. The van der Waals surface area contributed by atoms with Crippen molar-refractivity contribution >= 4 is 17.3 Å². The topological polar surface area (TPSA) is 12.0 Å². The van der Waals surface area contributed by atoms with Gasteiger partial charge in [0, 0.05) is 12.1 Å². The molecule has 0 amide bonds. The molecular weight excluding hydrogens is 268 g/mol. The third-order valence-electron chi connectivity index (χ3n) is 2.97. The molecule has 2 aromatic rings. The second-order valence-corrected chi connectivity index (χ2v) is 4.91. The van der Waals surface area contributed by atoms with Gasteiger partial charge in [-0.25, -0.2) is 8.78 Å². The van der Waals surface area contributed by atoms with Gasteiger partial charge in [0.2, 0.25) is 0 Å². The standard InChI is InChI=1S/C15H14ClF2N/c1-9-4-3-5-14(16)15(9)19-10(2)11-6-12(17)8-13(18)7-11/h3-8,10,19H,1-2H3. The van der Waals surface area contributed by atoms with Crippen LogP contribution in [0.1, 0.15) is 24.1 Å². The number of nitrogens with one attached hydrogen (secondary N) is 1. The van der Waals surface area contributed by atoms with Crippen LogP contribution < -0.4 is 5.32 Å². The van der Waals surface area contributed by atoms with Crippen LogP contribution in [0.25, 0.3) is 0 Å². The molecule has 19 heavy (non-hydrogen) atoms. The predicted molar refractivity (Wildman–Crippen MR) is 74.6 cm³/mol. The van der Waals surface area contributed by atoms with Crippen molar-refractivity contribution < 1.29 is 8.78 Å². The molecule has 1 atom stereocenters. The Bertz CT molecular complexity index is 558. The number of benzene rings is 2. The van der Waals surface area contributed by atoms with Crippen LogP contribution in [0, 0.1) is 18.6 Å². The summed E-state index contributed by atoms with van der Waals surface area (Å²) >= 11 is 6.11. The van der Waals surface area contributed by atoms with Gasteiger partial charge in [-0.05, 0) is 43.2 Å². The molecule has 1 N–H and O–H groups in total. The minimum Gasteiger partial charge on any atom is -0.377 e. The number of rotatable bonds is 3. The maximum atomic E-state index is 13.2. The first-order chi connectivity index (χ1) is 8.97. The van der Waals surface area contributed by atoms with Gasteiger partial charge >= 0.3 is 0 Å². The van der Waals surface area contributed by atoms with Crippen LogP contribution in [0.15, 0.2) is 36.4 Å². The molecule has 0 saturated heterocycles. The lowest BCUT2D eigenvalue weighted by Gasteiger charge is -2.18. The van der Waals surface area contributed by atoms with E-state index in [1.807, 2.05) is 26.0 Å². The smallest absolute Gasteiger partial charge is 0.126 e. The highest BCUT2D eigenvalue weighted by Gasteiger charge is 2.11. The molecule has 0 aromatic heterocycles. The fourth-order valence-electron chi connectivity index (χ4n) is 1.94. The minimum atomic E-state index is -0.584. The van der Waals surface area contributed by atoms with Crippen molar-refractivity contribution in [3.63, 3.8) is 0 Å². The van der Waals surface area contributed by atoms with Gasteiger partial charge in [0.1, 0.15) is 11.6 Å². The van der Waals surface area contributed by atoms with E-state index in [9.17, 15) is 8.78 Å². The van der Waals surface area contributed by atoms with Gasteiger partial charge in [-0.2, -0.15) is 0 Å². The summed E-state index contributed by atoms with van der Waals surface area (Å²) in [7, 11) is 0. The fourth-order valence-corrected chi connectivity index (χ4v) is 2.22. The van der Waals surface area contributed by atoms with Crippen molar-refractivity contribution in [2.24, 2.45) is 0 Å². The molecule has 0 fully saturated rings. The van der Waals surface area contributed by atoms with Crippen LogP contribution in [0.3, 0.4) is 0 Å². The van der Waals surface area contributed by atoms with E-state index >= 15 is 0 Å². The summed E-state index contributed by atoms with van der Waals surface area (Å²) in [5.41, 5.74) is 2.30.